The van der Waals surface area contributed by atoms with E-state index in [-0.39, 0.29) is 5.89 Å². The molecule has 2 aromatic rings. The smallest absolute Gasteiger partial charge is 0.260 e. The molecule has 3 heterocycles. The molecule has 0 radical (unpaired) electrons. The quantitative estimate of drug-likeness (QED) is 0.735. The number of rotatable bonds is 2. The summed E-state index contributed by atoms with van der Waals surface area (Å²) in [6.07, 6.45) is 5.23. The minimum absolute atomic E-state index is 0.225. The lowest BCUT2D eigenvalue weighted by atomic mass is 10.0. The van der Waals surface area contributed by atoms with Crippen LogP contribution < -0.4 is 5.32 Å². The summed E-state index contributed by atoms with van der Waals surface area (Å²) in [7, 11) is 0. The van der Waals surface area contributed by atoms with E-state index in [1.54, 1.807) is 18.6 Å². The molecule has 88 valence electrons. The van der Waals surface area contributed by atoms with Gasteiger partial charge in [-0.3, -0.25) is 4.98 Å². The number of aliphatic hydroxyl groups is 1. The van der Waals surface area contributed by atoms with Crippen molar-refractivity contribution in [2.45, 2.75) is 12.0 Å². The van der Waals surface area contributed by atoms with Gasteiger partial charge in [-0.25, -0.2) is 4.98 Å². The van der Waals surface area contributed by atoms with Crippen LogP contribution in [0, 0.1) is 0 Å². The maximum absolute atomic E-state index is 10.2. The molecule has 3 rings (SSSR count). The topological polar surface area (TPSA) is 97.0 Å². The number of β-amino-alcohol motifs (C(OH)–C–C–N with tert-alkyl or cyclic N) is 1. The number of hydrogen-bond donors (Lipinski definition) is 2. The van der Waals surface area contributed by atoms with Gasteiger partial charge in [0, 0.05) is 18.9 Å². The van der Waals surface area contributed by atoms with E-state index >= 15 is 0 Å². The second-order valence-electron chi connectivity index (χ2n) is 3.97. The number of aromatic nitrogens is 4. The summed E-state index contributed by atoms with van der Waals surface area (Å²) in [4.78, 5) is 12.2. The highest BCUT2D eigenvalue weighted by Gasteiger charge is 2.38. The highest BCUT2D eigenvalue weighted by molar-refractivity contribution is 5.45. The zero-order valence-electron chi connectivity index (χ0n) is 9.00. The van der Waals surface area contributed by atoms with E-state index in [9.17, 15) is 5.11 Å². The standard InChI is InChI=1S/C10H11N5O2/c16-10(1-2-12-6-10)9-14-8(15-17-9)7-5-11-3-4-13-7/h3-5,12,16H,1-2,6H2. The monoisotopic (exact) mass is 233 g/mol. The minimum atomic E-state index is -1.06. The maximum Gasteiger partial charge on any atom is 0.260 e. The van der Waals surface area contributed by atoms with E-state index in [2.05, 4.69) is 25.4 Å². The fourth-order valence-corrected chi connectivity index (χ4v) is 1.79. The number of nitrogens with one attached hydrogen (secondary N) is 1. The first-order valence-electron chi connectivity index (χ1n) is 5.32. The Morgan fingerprint density at radius 1 is 1.41 bits per heavy atom. The van der Waals surface area contributed by atoms with Gasteiger partial charge in [0.15, 0.2) is 5.60 Å². The van der Waals surface area contributed by atoms with Crippen LogP contribution in [0.15, 0.2) is 23.1 Å². The first kappa shape index (κ1) is 10.3. The zero-order chi connectivity index (χ0) is 11.7. The Labute approximate surface area is 96.9 Å². The number of nitrogens with zero attached hydrogens (tertiary/aromatic N) is 4. The molecule has 1 atom stereocenters. The molecule has 7 heteroatoms. The van der Waals surface area contributed by atoms with Crippen LogP contribution in [0.25, 0.3) is 11.5 Å². The SMILES string of the molecule is OC1(c2nc(-c3cnccn3)no2)CCNC1. The van der Waals surface area contributed by atoms with Gasteiger partial charge in [0.25, 0.3) is 5.89 Å². The largest absolute Gasteiger partial charge is 0.379 e. The van der Waals surface area contributed by atoms with Gasteiger partial charge >= 0.3 is 0 Å². The normalized spacial score (nSPS) is 24.1. The molecule has 2 aromatic heterocycles. The van der Waals surface area contributed by atoms with Gasteiger partial charge in [-0.2, -0.15) is 4.98 Å². The van der Waals surface area contributed by atoms with Crippen molar-refractivity contribution in [3.8, 4) is 11.5 Å². The third-order valence-corrected chi connectivity index (χ3v) is 2.75. The van der Waals surface area contributed by atoms with Crippen molar-refractivity contribution in [2.24, 2.45) is 0 Å². The van der Waals surface area contributed by atoms with Gasteiger partial charge in [0.05, 0.1) is 6.20 Å². The van der Waals surface area contributed by atoms with Crippen LogP contribution in [0.3, 0.4) is 0 Å². The molecule has 0 amide bonds. The van der Waals surface area contributed by atoms with E-state index in [1.807, 2.05) is 0 Å². The molecule has 1 aliphatic heterocycles. The van der Waals surface area contributed by atoms with Crippen LogP contribution in [0.1, 0.15) is 12.3 Å². The molecule has 7 nitrogen and oxygen atoms in total. The summed E-state index contributed by atoms with van der Waals surface area (Å²) in [6, 6.07) is 0. The van der Waals surface area contributed by atoms with Crippen LogP contribution in [0.2, 0.25) is 0 Å². The molecular weight excluding hydrogens is 222 g/mol. The Morgan fingerprint density at radius 3 is 3.06 bits per heavy atom. The van der Waals surface area contributed by atoms with Gasteiger partial charge in [0.2, 0.25) is 5.82 Å². The van der Waals surface area contributed by atoms with Crippen molar-refractivity contribution in [1.82, 2.24) is 25.4 Å². The van der Waals surface area contributed by atoms with Gasteiger partial charge in [0.1, 0.15) is 5.69 Å². The van der Waals surface area contributed by atoms with Crippen LogP contribution in [0.4, 0.5) is 0 Å². The van der Waals surface area contributed by atoms with Crippen LogP contribution in [-0.2, 0) is 5.60 Å². The summed E-state index contributed by atoms with van der Waals surface area (Å²) in [5, 5.41) is 17.1. The third-order valence-electron chi connectivity index (χ3n) is 2.75. The van der Waals surface area contributed by atoms with Crippen LogP contribution >= 0.6 is 0 Å². The average Bonchev–Trinajstić information content (AvgIpc) is 2.99. The van der Waals surface area contributed by atoms with Gasteiger partial charge < -0.3 is 14.9 Å². The summed E-state index contributed by atoms with van der Waals surface area (Å²) in [6.45, 7) is 1.16. The fourth-order valence-electron chi connectivity index (χ4n) is 1.79. The van der Waals surface area contributed by atoms with Crippen LogP contribution in [-0.4, -0.2) is 38.3 Å². The van der Waals surface area contributed by atoms with Crippen molar-refractivity contribution >= 4 is 0 Å². The lowest BCUT2D eigenvalue weighted by Crippen LogP contribution is -2.28. The predicted octanol–water partition coefficient (Wildman–Crippen LogP) is -0.293. The molecular formula is C10H11N5O2. The first-order chi connectivity index (χ1) is 8.28. The van der Waals surface area contributed by atoms with Crippen molar-refractivity contribution in [3.63, 3.8) is 0 Å². The van der Waals surface area contributed by atoms with Gasteiger partial charge in [-0.05, 0) is 13.0 Å². The highest BCUT2D eigenvalue weighted by atomic mass is 16.5. The fraction of sp³-hybridized carbons (Fsp3) is 0.400. The Kier molecular flexibility index (Phi) is 2.34. The second kappa shape index (κ2) is 3.86. The van der Waals surface area contributed by atoms with E-state index in [1.165, 1.54) is 0 Å². The first-order valence-corrected chi connectivity index (χ1v) is 5.32. The molecule has 2 N–H and O–H groups in total. The molecule has 1 aliphatic rings. The second-order valence-corrected chi connectivity index (χ2v) is 3.97. The molecule has 1 fully saturated rings. The summed E-state index contributed by atoms with van der Waals surface area (Å²) >= 11 is 0. The molecule has 0 spiro atoms. The van der Waals surface area contributed by atoms with Crippen molar-refractivity contribution in [2.75, 3.05) is 13.1 Å². The van der Waals surface area contributed by atoms with Crippen molar-refractivity contribution < 1.29 is 9.63 Å². The number of hydrogen-bond acceptors (Lipinski definition) is 7. The summed E-state index contributed by atoms with van der Waals surface area (Å²) < 4.78 is 5.09. The molecule has 0 saturated carbocycles. The van der Waals surface area contributed by atoms with Gasteiger partial charge in [-0.15, -0.1) is 0 Å². The molecule has 0 aliphatic carbocycles. The third kappa shape index (κ3) is 1.79. The van der Waals surface area contributed by atoms with Crippen molar-refractivity contribution in [3.05, 3.63) is 24.5 Å². The Morgan fingerprint density at radius 2 is 2.35 bits per heavy atom. The van der Waals surface area contributed by atoms with E-state index in [0.29, 0.717) is 24.5 Å². The summed E-state index contributed by atoms with van der Waals surface area (Å²) in [5.41, 5.74) is -0.537. The van der Waals surface area contributed by atoms with E-state index in [4.69, 9.17) is 4.52 Å². The molecule has 0 bridgehead atoms. The Balaban J connectivity index is 1.93. The Bertz CT molecular complexity index is 506. The molecule has 1 saturated heterocycles. The minimum Gasteiger partial charge on any atom is -0.379 e. The Hall–Kier alpha value is -1.86. The highest BCUT2D eigenvalue weighted by Crippen LogP contribution is 2.27. The van der Waals surface area contributed by atoms with Gasteiger partial charge in [-0.1, -0.05) is 5.16 Å². The lowest BCUT2D eigenvalue weighted by Gasteiger charge is -2.14. The average molecular weight is 233 g/mol. The molecule has 0 aromatic carbocycles. The predicted molar refractivity (Wildman–Crippen MR) is 56.7 cm³/mol. The van der Waals surface area contributed by atoms with E-state index in [0.717, 1.165) is 6.54 Å². The lowest BCUT2D eigenvalue weighted by molar-refractivity contribution is 0.0243. The zero-order valence-corrected chi connectivity index (χ0v) is 9.00. The molecule has 17 heavy (non-hydrogen) atoms. The van der Waals surface area contributed by atoms with E-state index < -0.39 is 5.60 Å². The maximum atomic E-state index is 10.2. The van der Waals surface area contributed by atoms with Crippen LogP contribution in [0.5, 0.6) is 0 Å². The molecule has 1 unspecified atom stereocenters. The summed E-state index contributed by atoms with van der Waals surface area (Å²) in [5.74, 6) is 0.566. The van der Waals surface area contributed by atoms with Crippen molar-refractivity contribution in [1.29, 1.82) is 0 Å².